The van der Waals surface area contributed by atoms with Crippen molar-refractivity contribution in [3.05, 3.63) is 53.2 Å². The lowest BCUT2D eigenvalue weighted by Gasteiger charge is -2.18. The first-order valence-electron chi connectivity index (χ1n) is 8.67. The SMILES string of the molecule is CCCc1nc(C)cc(N[C@H]2CC(=O)N(Cc3cccc(F)c3)C2)n1. The third kappa shape index (κ3) is 4.53. The van der Waals surface area contributed by atoms with E-state index in [-0.39, 0.29) is 17.8 Å². The van der Waals surface area contributed by atoms with Gasteiger partial charge in [0.05, 0.1) is 6.04 Å². The minimum Gasteiger partial charge on any atom is -0.365 e. The Labute approximate surface area is 147 Å². The van der Waals surface area contributed by atoms with E-state index in [1.165, 1.54) is 12.1 Å². The van der Waals surface area contributed by atoms with Crippen LogP contribution in [0.25, 0.3) is 0 Å². The van der Waals surface area contributed by atoms with Gasteiger partial charge >= 0.3 is 0 Å². The number of rotatable bonds is 6. The highest BCUT2D eigenvalue weighted by molar-refractivity contribution is 5.80. The van der Waals surface area contributed by atoms with Crippen LogP contribution in [0.1, 0.15) is 36.8 Å². The van der Waals surface area contributed by atoms with Crippen molar-refractivity contribution in [1.29, 1.82) is 0 Å². The molecule has 0 saturated carbocycles. The Morgan fingerprint density at radius 1 is 1.32 bits per heavy atom. The summed E-state index contributed by atoms with van der Waals surface area (Å²) in [4.78, 5) is 23.0. The van der Waals surface area contributed by atoms with E-state index >= 15 is 0 Å². The van der Waals surface area contributed by atoms with Crippen molar-refractivity contribution in [2.45, 2.75) is 45.7 Å². The molecule has 0 bridgehead atoms. The van der Waals surface area contributed by atoms with E-state index in [4.69, 9.17) is 0 Å². The summed E-state index contributed by atoms with van der Waals surface area (Å²) in [6.45, 7) is 5.06. The number of anilines is 1. The number of hydrogen-bond acceptors (Lipinski definition) is 4. The van der Waals surface area contributed by atoms with Crippen LogP contribution < -0.4 is 5.32 Å². The predicted octanol–water partition coefficient (Wildman–Crippen LogP) is 3.09. The summed E-state index contributed by atoms with van der Waals surface area (Å²) in [5, 5.41) is 3.35. The van der Waals surface area contributed by atoms with Crippen LogP contribution >= 0.6 is 0 Å². The molecule has 5 nitrogen and oxygen atoms in total. The fourth-order valence-electron chi connectivity index (χ4n) is 3.13. The molecule has 0 unspecified atom stereocenters. The normalized spacial score (nSPS) is 17.2. The van der Waals surface area contributed by atoms with Crippen LogP contribution in [0.3, 0.4) is 0 Å². The molecule has 0 spiro atoms. The molecule has 1 aromatic carbocycles. The van der Waals surface area contributed by atoms with E-state index < -0.39 is 0 Å². The van der Waals surface area contributed by atoms with E-state index in [1.807, 2.05) is 19.1 Å². The van der Waals surface area contributed by atoms with Crippen LogP contribution in [0.5, 0.6) is 0 Å². The summed E-state index contributed by atoms with van der Waals surface area (Å²) < 4.78 is 13.3. The maximum absolute atomic E-state index is 13.3. The Bertz CT molecular complexity index is 765. The highest BCUT2D eigenvalue weighted by Crippen LogP contribution is 2.19. The molecule has 3 rings (SSSR count). The molecule has 1 fully saturated rings. The summed E-state index contributed by atoms with van der Waals surface area (Å²) >= 11 is 0. The van der Waals surface area contributed by atoms with E-state index in [0.29, 0.717) is 19.5 Å². The first-order chi connectivity index (χ1) is 12.0. The van der Waals surface area contributed by atoms with E-state index in [2.05, 4.69) is 22.2 Å². The standard InChI is InChI=1S/C19H23FN4O/c1-3-5-17-21-13(2)8-18(23-17)22-16-10-19(25)24(12-16)11-14-6-4-7-15(20)9-14/h4,6-9,16H,3,5,10-12H2,1-2H3,(H,21,22,23)/t16-/m0/s1. The number of nitrogens with zero attached hydrogens (tertiary/aromatic N) is 3. The van der Waals surface area contributed by atoms with Gasteiger partial charge in [0.2, 0.25) is 5.91 Å². The maximum Gasteiger partial charge on any atom is 0.225 e. The minimum atomic E-state index is -0.279. The zero-order valence-electron chi connectivity index (χ0n) is 14.6. The number of likely N-dealkylation sites (tertiary alicyclic amines) is 1. The van der Waals surface area contributed by atoms with Gasteiger partial charge < -0.3 is 10.2 Å². The van der Waals surface area contributed by atoms with Gasteiger partial charge in [-0.25, -0.2) is 14.4 Å². The first-order valence-corrected chi connectivity index (χ1v) is 8.67. The molecule has 1 aliphatic heterocycles. The van der Waals surface area contributed by atoms with E-state index in [9.17, 15) is 9.18 Å². The molecular formula is C19H23FN4O. The van der Waals surface area contributed by atoms with Crippen molar-refractivity contribution in [2.75, 3.05) is 11.9 Å². The molecule has 25 heavy (non-hydrogen) atoms. The van der Waals surface area contributed by atoms with Crippen molar-refractivity contribution >= 4 is 11.7 Å². The Balaban J connectivity index is 1.64. The van der Waals surface area contributed by atoms with Crippen molar-refractivity contribution in [3.63, 3.8) is 0 Å². The Kier molecular flexibility index (Phi) is 5.26. The van der Waals surface area contributed by atoms with Crippen LogP contribution in [-0.4, -0.2) is 33.4 Å². The molecule has 1 N–H and O–H groups in total. The van der Waals surface area contributed by atoms with Gasteiger partial charge in [-0.05, 0) is 31.0 Å². The van der Waals surface area contributed by atoms with Crippen molar-refractivity contribution < 1.29 is 9.18 Å². The van der Waals surface area contributed by atoms with E-state index in [1.54, 1.807) is 11.0 Å². The van der Waals surface area contributed by atoms with Gasteiger partial charge in [0, 0.05) is 37.7 Å². The zero-order valence-corrected chi connectivity index (χ0v) is 14.6. The molecule has 2 heterocycles. The van der Waals surface area contributed by atoms with Gasteiger partial charge in [-0.15, -0.1) is 0 Å². The smallest absolute Gasteiger partial charge is 0.225 e. The fraction of sp³-hybridized carbons (Fsp3) is 0.421. The van der Waals surface area contributed by atoms with Crippen LogP contribution in [-0.2, 0) is 17.8 Å². The third-order valence-electron chi connectivity index (χ3n) is 4.20. The summed E-state index contributed by atoms with van der Waals surface area (Å²) in [5.74, 6) is 1.38. The van der Waals surface area contributed by atoms with E-state index in [0.717, 1.165) is 35.7 Å². The fourth-order valence-corrected chi connectivity index (χ4v) is 3.13. The summed E-state index contributed by atoms with van der Waals surface area (Å²) in [7, 11) is 0. The number of amides is 1. The lowest BCUT2D eigenvalue weighted by Crippen LogP contribution is -2.28. The molecule has 1 saturated heterocycles. The van der Waals surface area contributed by atoms with Crippen molar-refractivity contribution in [3.8, 4) is 0 Å². The van der Waals surface area contributed by atoms with Gasteiger partial charge in [0.25, 0.3) is 0 Å². The number of benzene rings is 1. The quantitative estimate of drug-likeness (QED) is 0.876. The number of aryl methyl sites for hydroxylation is 2. The minimum absolute atomic E-state index is 0.00448. The highest BCUT2D eigenvalue weighted by atomic mass is 19.1. The molecule has 1 atom stereocenters. The molecule has 0 radical (unpaired) electrons. The number of halogens is 1. The molecule has 1 aromatic heterocycles. The molecule has 132 valence electrons. The molecule has 6 heteroatoms. The molecule has 1 amide bonds. The second kappa shape index (κ2) is 7.59. The number of hydrogen-bond donors (Lipinski definition) is 1. The lowest BCUT2D eigenvalue weighted by atomic mass is 10.2. The molecule has 2 aromatic rings. The third-order valence-corrected chi connectivity index (χ3v) is 4.20. The van der Waals surface area contributed by atoms with Gasteiger partial charge in [0.1, 0.15) is 17.5 Å². The maximum atomic E-state index is 13.3. The summed E-state index contributed by atoms with van der Waals surface area (Å²) in [6, 6.07) is 8.29. The second-order valence-electron chi connectivity index (χ2n) is 6.51. The highest BCUT2D eigenvalue weighted by Gasteiger charge is 2.29. The Hall–Kier alpha value is -2.50. The summed E-state index contributed by atoms with van der Waals surface area (Å²) in [5.41, 5.74) is 1.72. The van der Waals surface area contributed by atoms with Gasteiger partial charge in [-0.1, -0.05) is 19.1 Å². The zero-order chi connectivity index (χ0) is 17.8. The number of carbonyl (C=O) groups excluding carboxylic acids is 1. The van der Waals surface area contributed by atoms with Gasteiger partial charge in [-0.2, -0.15) is 0 Å². The van der Waals surface area contributed by atoms with Gasteiger partial charge in [0.15, 0.2) is 0 Å². The number of carbonyl (C=O) groups is 1. The Morgan fingerprint density at radius 2 is 2.16 bits per heavy atom. The van der Waals surface area contributed by atoms with Crippen molar-refractivity contribution in [1.82, 2.24) is 14.9 Å². The second-order valence-corrected chi connectivity index (χ2v) is 6.51. The molecule has 1 aliphatic rings. The average Bonchev–Trinajstić information content (AvgIpc) is 2.86. The average molecular weight is 342 g/mol. The number of nitrogens with one attached hydrogen (secondary N) is 1. The first kappa shape index (κ1) is 17.3. The largest absolute Gasteiger partial charge is 0.365 e. The number of aromatic nitrogens is 2. The van der Waals surface area contributed by atoms with Crippen LogP contribution in [0.15, 0.2) is 30.3 Å². The predicted molar refractivity (Wildman–Crippen MR) is 94.6 cm³/mol. The van der Waals surface area contributed by atoms with Gasteiger partial charge in [-0.3, -0.25) is 4.79 Å². The van der Waals surface area contributed by atoms with Crippen molar-refractivity contribution in [2.24, 2.45) is 0 Å². The van der Waals surface area contributed by atoms with Crippen LogP contribution in [0.2, 0.25) is 0 Å². The summed E-state index contributed by atoms with van der Waals surface area (Å²) in [6.07, 6.45) is 2.25. The molecular weight excluding hydrogens is 319 g/mol. The molecule has 0 aliphatic carbocycles. The Morgan fingerprint density at radius 3 is 2.92 bits per heavy atom. The van der Waals surface area contributed by atoms with Crippen LogP contribution in [0.4, 0.5) is 10.2 Å². The topological polar surface area (TPSA) is 58.1 Å². The monoisotopic (exact) mass is 342 g/mol. The lowest BCUT2D eigenvalue weighted by molar-refractivity contribution is -0.128. The van der Waals surface area contributed by atoms with Crippen LogP contribution in [0, 0.1) is 12.7 Å².